The number of rotatable bonds is 4. The van der Waals surface area contributed by atoms with Gasteiger partial charge in [0.05, 0.1) is 12.2 Å². The fraction of sp³-hybridized carbons (Fsp3) is 0.381. The van der Waals surface area contributed by atoms with E-state index in [1.807, 2.05) is 18.2 Å². The van der Waals surface area contributed by atoms with Crippen LogP contribution in [0.1, 0.15) is 28.8 Å². The van der Waals surface area contributed by atoms with Gasteiger partial charge in [-0.25, -0.2) is 0 Å². The van der Waals surface area contributed by atoms with Crippen LogP contribution in [-0.2, 0) is 16.8 Å². The van der Waals surface area contributed by atoms with E-state index in [0.717, 1.165) is 5.56 Å². The minimum absolute atomic E-state index is 0.0212. The summed E-state index contributed by atoms with van der Waals surface area (Å²) in [6.07, 6.45) is 1.38. The highest BCUT2D eigenvalue weighted by atomic mass is 32.2. The molecule has 5 rings (SSSR count). The molecule has 9 heteroatoms. The number of carbonyl (C=O) groups excluding carboxylic acids is 1. The van der Waals surface area contributed by atoms with Crippen LogP contribution in [0.3, 0.4) is 0 Å². The number of nitrogens with zero attached hydrogens (tertiary/aromatic N) is 2. The number of para-hydroxylation sites is 1. The topological polar surface area (TPSA) is 88.2 Å². The lowest BCUT2D eigenvalue weighted by molar-refractivity contribution is 0.0882. The van der Waals surface area contributed by atoms with E-state index in [-0.39, 0.29) is 18.6 Å². The highest BCUT2D eigenvalue weighted by Crippen LogP contribution is 2.33. The Balaban J connectivity index is 1.21. The molecule has 0 aromatic heterocycles. The number of fused-ring (bicyclic) bond motifs is 2. The van der Waals surface area contributed by atoms with Crippen molar-refractivity contribution in [1.82, 2.24) is 9.21 Å². The summed E-state index contributed by atoms with van der Waals surface area (Å²) in [5, 5.41) is 0. The first kappa shape index (κ1) is 19.3. The van der Waals surface area contributed by atoms with Crippen LogP contribution in [0.5, 0.6) is 11.5 Å². The van der Waals surface area contributed by atoms with Crippen molar-refractivity contribution in [3.05, 3.63) is 53.6 Å². The van der Waals surface area contributed by atoms with Gasteiger partial charge >= 0.3 is 10.2 Å². The second kappa shape index (κ2) is 7.57. The smallest absolute Gasteiger partial charge is 0.302 e. The minimum Gasteiger partial charge on any atom is -0.454 e. The molecule has 3 heterocycles. The molecule has 3 aliphatic rings. The van der Waals surface area contributed by atoms with Crippen molar-refractivity contribution < 1.29 is 22.7 Å². The average Bonchev–Trinajstić information content (AvgIpc) is 3.21. The first-order valence-electron chi connectivity index (χ1n) is 10.0. The van der Waals surface area contributed by atoms with Crippen LogP contribution in [0.2, 0.25) is 0 Å². The molecular formula is C21H23N3O5S. The molecule has 0 amide bonds. The molecule has 30 heavy (non-hydrogen) atoms. The van der Waals surface area contributed by atoms with Crippen LogP contribution in [0.4, 0.5) is 5.69 Å². The number of ether oxygens (including phenoxy) is 2. The number of likely N-dealkylation sites (tertiary alicyclic amines) is 1. The van der Waals surface area contributed by atoms with E-state index in [1.165, 1.54) is 0 Å². The Morgan fingerprint density at radius 3 is 2.67 bits per heavy atom. The molecule has 1 fully saturated rings. The second-order valence-corrected chi connectivity index (χ2v) is 9.43. The van der Waals surface area contributed by atoms with Crippen molar-refractivity contribution in [2.75, 3.05) is 31.1 Å². The first-order chi connectivity index (χ1) is 14.5. The predicted octanol–water partition coefficient (Wildman–Crippen LogP) is 2.23. The zero-order chi connectivity index (χ0) is 20.7. The zero-order valence-electron chi connectivity index (χ0n) is 16.4. The number of carbonyl (C=O) groups is 1. The molecule has 1 N–H and O–H groups in total. The molecule has 2 aromatic carbocycles. The van der Waals surface area contributed by atoms with Gasteiger partial charge in [0.2, 0.25) is 6.79 Å². The Kier molecular flexibility index (Phi) is 4.88. The summed E-state index contributed by atoms with van der Waals surface area (Å²) in [6.45, 7) is 2.22. The summed E-state index contributed by atoms with van der Waals surface area (Å²) in [4.78, 5) is 14.8. The maximum absolute atomic E-state index is 12.7. The van der Waals surface area contributed by atoms with Crippen LogP contribution >= 0.6 is 0 Å². The summed E-state index contributed by atoms with van der Waals surface area (Å²) in [5.41, 5.74) is 2.23. The fourth-order valence-electron chi connectivity index (χ4n) is 4.26. The number of nitrogens with one attached hydrogen (secondary N) is 1. The Hall–Kier alpha value is -2.62. The lowest BCUT2D eigenvalue weighted by Crippen LogP contribution is -2.50. The number of Topliss-reactive ketones (excluding diaryl/α,β-unsaturated/α-hetero) is 1. The molecule has 158 valence electrons. The summed E-state index contributed by atoms with van der Waals surface area (Å²) in [5.74, 6) is 1.28. The van der Waals surface area contributed by atoms with Gasteiger partial charge in [-0.3, -0.25) is 14.4 Å². The van der Waals surface area contributed by atoms with E-state index in [4.69, 9.17) is 9.47 Å². The van der Waals surface area contributed by atoms with E-state index in [0.29, 0.717) is 61.8 Å². The van der Waals surface area contributed by atoms with E-state index in [1.54, 1.807) is 28.6 Å². The van der Waals surface area contributed by atoms with E-state index in [9.17, 15) is 13.2 Å². The quantitative estimate of drug-likeness (QED) is 0.750. The van der Waals surface area contributed by atoms with Crippen LogP contribution in [-0.4, -0.2) is 55.9 Å². The Labute approximate surface area is 175 Å². The van der Waals surface area contributed by atoms with Gasteiger partial charge in [0, 0.05) is 31.2 Å². The Morgan fingerprint density at radius 1 is 1.07 bits per heavy atom. The maximum atomic E-state index is 12.7. The molecule has 3 aliphatic heterocycles. The molecule has 1 saturated heterocycles. The van der Waals surface area contributed by atoms with Gasteiger partial charge in [0.15, 0.2) is 17.3 Å². The Morgan fingerprint density at radius 2 is 1.83 bits per heavy atom. The third-order valence-electron chi connectivity index (χ3n) is 5.92. The van der Waals surface area contributed by atoms with Crippen molar-refractivity contribution in [2.45, 2.75) is 25.4 Å². The van der Waals surface area contributed by atoms with Crippen LogP contribution in [0.25, 0.3) is 0 Å². The molecule has 2 aromatic rings. The van der Waals surface area contributed by atoms with Gasteiger partial charge in [0.25, 0.3) is 0 Å². The molecule has 0 atom stereocenters. The average molecular weight is 429 g/mol. The summed E-state index contributed by atoms with van der Waals surface area (Å²) >= 11 is 0. The Bertz CT molecular complexity index is 1080. The van der Waals surface area contributed by atoms with E-state index < -0.39 is 10.2 Å². The van der Waals surface area contributed by atoms with Gasteiger partial charge < -0.3 is 9.47 Å². The van der Waals surface area contributed by atoms with E-state index >= 15 is 0 Å². The summed E-state index contributed by atoms with van der Waals surface area (Å²) in [6, 6.07) is 12.6. The number of hydrogen-bond donors (Lipinski definition) is 1. The third kappa shape index (κ3) is 3.64. The predicted molar refractivity (Wildman–Crippen MR) is 111 cm³/mol. The summed E-state index contributed by atoms with van der Waals surface area (Å²) in [7, 11) is -3.55. The van der Waals surface area contributed by atoms with Gasteiger partial charge in [0.1, 0.15) is 0 Å². The lowest BCUT2D eigenvalue weighted by Gasteiger charge is -2.39. The first-order valence-corrected chi connectivity index (χ1v) is 11.5. The molecule has 0 bridgehead atoms. The third-order valence-corrected chi connectivity index (χ3v) is 7.44. The molecule has 0 unspecified atom stereocenters. The van der Waals surface area contributed by atoms with Crippen LogP contribution in [0, 0.1) is 0 Å². The van der Waals surface area contributed by atoms with Crippen molar-refractivity contribution in [3.8, 4) is 11.5 Å². The highest BCUT2D eigenvalue weighted by Gasteiger charge is 2.36. The maximum Gasteiger partial charge on any atom is 0.302 e. The highest BCUT2D eigenvalue weighted by molar-refractivity contribution is 7.90. The van der Waals surface area contributed by atoms with Gasteiger partial charge in [-0.15, -0.1) is 0 Å². The molecular weight excluding hydrogens is 406 g/mol. The van der Waals surface area contributed by atoms with Crippen LogP contribution in [0.15, 0.2) is 42.5 Å². The number of ketones is 1. The van der Waals surface area contributed by atoms with Gasteiger partial charge in [-0.1, -0.05) is 18.2 Å². The van der Waals surface area contributed by atoms with Crippen molar-refractivity contribution in [1.29, 1.82) is 0 Å². The van der Waals surface area contributed by atoms with Gasteiger partial charge in [-0.05, 0) is 42.7 Å². The zero-order valence-corrected chi connectivity index (χ0v) is 17.2. The standard InChI is InChI=1S/C21H23N3O5S/c25-19(15-5-6-20-21(11-15)29-14-28-20)13-23-9-7-17(8-10-23)24-12-16-3-1-2-4-18(16)22-30(24,26)27/h1-6,11,17,22H,7-10,12-14H2. The van der Waals surface area contributed by atoms with Crippen molar-refractivity contribution in [2.24, 2.45) is 0 Å². The van der Waals surface area contributed by atoms with Crippen molar-refractivity contribution >= 4 is 21.7 Å². The normalized spacial score (nSPS) is 21.1. The largest absolute Gasteiger partial charge is 0.454 e. The monoisotopic (exact) mass is 429 g/mol. The second-order valence-electron chi connectivity index (χ2n) is 7.81. The molecule has 0 spiro atoms. The van der Waals surface area contributed by atoms with E-state index in [2.05, 4.69) is 9.62 Å². The molecule has 8 nitrogen and oxygen atoms in total. The minimum atomic E-state index is -3.55. The lowest BCUT2D eigenvalue weighted by atomic mass is 10.0. The van der Waals surface area contributed by atoms with Crippen molar-refractivity contribution in [3.63, 3.8) is 0 Å². The molecule has 0 saturated carbocycles. The number of benzene rings is 2. The van der Waals surface area contributed by atoms with Crippen LogP contribution < -0.4 is 14.2 Å². The number of hydrogen-bond acceptors (Lipinski definition) is 6. The molecule has 0 radical (unpaired) electrons. The SMILES string of the molecule is O=C(CN1CCC(N2Cc3ccccc3NS2(=O)=O)CC1)c1ccc2c(c1)OCO2. The van der Waals surface area contributed by atoms with Gasteiger partial charge in [-0.2, -0.15) is 12.7 Å². The fourth-order valence-corrected chi connectivity index (χ4v) is 5.77. The number of anilines is 1. The number of piperidine rings is 1. The summed E-state index contributed by atoms with van der Waals surface area (Å²) < 4.78 is 40.3. The molecule has 0 aliphatic carbocycles.